The van der Waals surface area contributed by atoms with Crippen molar-refractivity contribution in [2.45, 2.75) is 13.5 Å². The predicted molar refractivity (Wildman–Crippen MR) is 90.4 cm³/mol. The molecule has 0 atom stereocenters. The molecule has 1 N–H and O–H groups in total. The Bertz CT molecular complexity index is 668. The van der Waals surface area contributed by atoms with Gasteiger partial charge in [0.05, 0.1) is 0 Å². The highest BCUT2D eigenvalue weighted by molar-refractivity contribution is 5.51. The van der Waals surface area contributed by atoms with Gasteiger partial charge in [-0.05, 0) is 12.5 Å². The summed E-state index contributed by atoms with van der Waals surface area (Å²) in [6, 6.07) is 10.4. The number of aryl methyl sites for hydroxylation is 1. The number of aromatic nitrogens is 2. The van der Waals surface area contributed by atoms with Crippen LogP contribution >= 0.6 is 0 Å². The van der Waals surface area contributed by atoms with Crippen LogP contribution in [-0.4, -0.2) is 47.5 Å². The Kier molecular flexibility index (Phi) is 4.71. The molecule has 3 rings (SSSR count). The van der Waals surface area contributed by atoms with Crippen molar-refractivity contribution < 1.29 is 4.79 Å². The molecule has 1 saturated heterocycles. The standard InChI is InChI=1S/C17H21N5O/c1-14-3-2-4-15(9-14)11-18-16-10-17(20-12-19-16)22-7-5-21(13-23)6-8-22/h2-4,9-10,12-13H,5-8,11H2,1H3,(H,18,19,20). The maximum Gasteiger partial charge on any atom is 0.209 e. The van der Waals surface area contributed by atoms with Gasteiger partial charge in [-0.1, -0.05) is 29.8 Å². The molecule has 6 nitrogen and oxygen atoms in total. The number of piperazine rings is 1. The second-order valence-electron chi connectivity index (χ2n) is 5.73. The molecule has 0 bridgehead atoms. The van der Waals surface area contributed by atoms with Gasteiger partial charge in [0, 0.05) is 38.8 Å². The normalized spacial score (nSPS) is 14.7. The van der Waals surface area contributed by atoms with Crippen LogP contribution < -0.4 is 10.2 Å². The van der Waals surface area contributed by atoms with E-state index in [1.165, 1.54) is 11.1 Å². The minimum Gasteiger partial charge on any atom is -0.366 e. The van der Waals surface area contributed by atoms with E-state index in [-0.39, 0.29) is 0 Å². The summed E-state index contributed by atoms with van der Waals surface area (Å²) in [5, 5.41) is 3.34. The first-order valence-corrected chi connectivity index (χ1v) is 7.80. The summed E-state index contributed by atoms with van der Waals surface area (Å²) in [7, 11) is 0. The number of carbonyl (C=O) groups excluding carboxylic acids is 1. The van der Waals surface area contributed by atoms with E-state index in [2.05, 4.69) is 51.4 Å². The third-order valence-electron chi connectivity index (χ3n) is 4.00. The molecule has 1 fully saturated rings. The lowest BCUT2D eigenvalue weighted by atomic mass is 10.1. The van der Waals surface area contributed by atoms with Gasteiger partial charge in [-0.25, -0.2) is 9.97 Å². The van der Waals surface area contributed by atoms with Crippen LogP contribution in [0.4, 0.5) is 11.6 Å². The van der Waals surface area contributed by atoms with Crippen molar-refractivity contribution in [3.8, 4) is 0 Å². The topological polar surface area (TPSA) is 61.4 Å². The summed E-state index contributed by atoms with van der Waals surface area (Å²) in [6.45, 7) is 5.89. The molecule has 23 heavy (non-hydrogen) atoms. The molecule has 120 valence electrons. The van der Waals surface area contributed by atoms with Crippen LogP contribution in [0.2, 0.25) is 0 Å². The number of rotatable bonds is 5. The average molecular weight is 311 g/mol. The molecule has 1 aliphatic heterocycles. The second-order valence-corrected chi connectivity index (χ2v) is 5.73. The Balaban J connectivity index is 1.62. The van der Waals surface area contributed by atoms with E-state index < -0.39 is 0 Å². The summed E-state index contributed by atoms with van der Waals surface area (Å²) in [5.74, 6) is 1.71. The first kappa shape index (κ1) is 15.3. The lowest BCUT2D eigenvalue weighted by Gasteiger charge is -2.33. The van der Waals surface area contributed by atoms with Crippen molar-refractivity contribution in [2.24, 2.45) is 0 Å². The minimum atomic E-state index is 0.733. The van der Waals surface area contributed by atoms with E-state index in [1.54, 1.807) is 11.2 Å². The van der Waals surface area contributed by atoms with Crippen molar-refractivity contribution in [1.82, 2.24) is 14.9 Å². The minimum absolute atomic E-state index is 0.733. The molecule has 1 amide bonds. The molecule has 6 heteroatoms. The highest BCUT2D eigenvalue weighted by Gasteiger charge is 2.17. The van der Waals surface area contributed by atoms with E-state index in [0.29, 0.717) is 0 Å². The number of hydrogen-bond acceptors (Lipinski definition) is 5. The van der Waals surface area contributed by atoms with Crippen LogP contribution in [0.1, 0.15) is 11.1 Å². The number of carbonyl (C=O) groups is 1. The van der Waals surface area contributed by atoms with Crippen LogP contribution in [0.5, 0.6) is 0 Å². The van der Waals surface area contributed by atoms with Crippen molar-refractivity contribution in [1.29, 1.82) is 0 Å². The van der Waals surface area contributed by atoms with Crippen molar-refractivity contribution in [3.63, 3.8) is 0 Å². The van der Waals surface area contributed by atoms with Crippen LogP contribution in [-0.2, 0) is 11.3 Å². The number of hydrogen-bond donors (Lipinski definition) is 1. The number of amides is 1. The molecule has 0 saturated carbocycles. The highest BCUT2D eigenvalue weighted by atomic mass is 16.1. The van der Waals surface area contributed by atoms with Crippen molar-refractivity contribution >= 4 is 18.0 Å². The van der Waals surface area contributed by atoms with E-state index in [4.69, 9.17) is 0 Å². The zero-order valence-corrected chi connectivity index (χ0v) is 13.3. The van der Waals surface area contributed by atoms with Crippen molar-refractivity contribution in [2.75, 3.05) is 36.4 Å². The Morgan fingerprint density at radius 1 is 1.17 bits per heavy atom. The van der Waals surface area contributed by atoms with Gasteiger partial charge < -0.3 is 15.1 Å². The average Bonchev–Trinajstić information content (AvgIpc) is 2.60. The molecule has 0 spiro atoms. The molecular formula is C17H21N5O. The molecule has 2 heterocycles. The van der Waals surface area contributed by atoms with E-state index >= 15 is 0 Å². The van der Waals surface area contributed by atoms with E-state index in [0.717, 1.165) is 50.8 Å². The van der Waals surface area contributed by atoms with Gasteiger partial charge in [0.15, 0.2) is 0 Å². The van der Waals surface area contributed by atoms with Gasteiger partial charge in [-0.3, -0.25) is 4.79 Å². The van der Waals surface area contributed by atoms with Gasteiger partial charge in [0.25, 0.3) is 0 Å². The summed E-state index contributed by atoms with van der Waals surface area (Å²) < 4.78 is 0. The maximum atomic E-state index is 10.8. The van der Waals surface area contributed by atoms with Gasteiger partial charge in [0.2, 0.25) is 6.41 Å². The summed E-state index contributed by atoms with van der Waals surface area (Å²) >= 11 is 0. The maximum absolute atomic E-state index is 10.8. The Hall–Kier alpha value is -2.63. The largest absolute Gasteiger partial charge is 0.366 e. The summed E-state index contributed by atoms with van der Waals surface area (Å²) in [4.78, 5) is 23.4. The predicted octanol–water partition coefficient (Wildman–Crippen LogP) is 1.68. The number of nitrogens with one attached hydrogen (secondary N) is 1. The number of anilines is 2. The monoisotopic (exact) mass is 311 g/mol. The lowest BCUT2D eigenvalue weighted by molar-refractivity contribution is -0.118. The third-order valence-corrected chi connectivity index (χ3v) is 4.00. The van der Waals surface area contributed by atoms with Gasteiger partial charge in [0.1, 0.15) is 18.0 Å². The SMILES string of the molecule is Cc1cccc(CNc2cc(N3CCN(C=O)CC3)ncn2)c1. The summed E-state index contributed by atoms with van der Waals surface area (Å²) in [5.41, 5.74) is 2.48. The van der Waals surface area contributed by atoms with E-state index in [9.17, 15) is 4.79 Å². The van der Waals surface area contributed by atoms with Gasteiger partial charge >= 0.3 is 0 Å². The molecule has 1 aliphatic rings. The first-order valence-electron chi connectivity index (χ1n) is 7.80. The Morgan fingerprint density at radius 3 is 2.74 bits per heavy atom. The van der Waals surface area contributed by atoms with Gasteiger partial charge in [-0.2, -0.15) is 0 Å². The molecular weight excluding hydrogens is 290 g/mol. The highest BCUT2D eigenvalue weighted by Crippen LogP contribution is 2.16. The summed E-state index contributed by atoms with van der Waals surface area (Å²) in [6.07, 6.45) is 2.49. The van der Waals surface area contributed by atoms with Crippen LogP contribution in [0.3, 0.4) is 0 Å². The number of nitrogens with zero attached hydrogens (tertiary/aromatic N) is 4. The third kappa shape index (κ3) is 3.97. The number of benzene rings is 1. The van der Waals surface area contributed by atoms with Crippen LogP contribution in [0.25, 0.3) is 0 Å². The molecule has 0 radical (unpaired) electrons. The Morgan fingerprint density at radius 2 is 2.00 bits per heavy atom. The first-order chi connectivity index (χ1) is 11.2. The fraction of sp³-hybridized carbons (Fsp3) is 0.353. The fourth-order valence-electron chi connectivity index (χ4n) is 2.69. The van der Waals surface area contributed by atoms with Crippen LogP contribution in [0.15, 0.2) is 36.7 Å². The molecule has 0 unspecified atom stereocenters. The molecule has 0 aliphatic carbocycles. The van der Waals surface area contributed by atoms with Crippen LogP contribution in [0, 0.1) is 6.92 Å². The zero-order chi connectivity index (χ0) is 16.1. The van der Waals surface area contributed by atoms with Gasteiger partial charge in [-0.15, -0.1) is 0 Å². The fourth-order valence-corrected chi connectivity index (χ4v) is 2.69. The lowest BCUT2D eigenvalue weighted by Crippen LogP contribution is -2.46. The molecule has 1 aromatic carbocycles. The molecule has 2 aromatic rings. The Labute approximate surface area is 136 Å². The zero-order valence-electron chi connectivity index (χ0n) is 13.3. The van der Waals surface area contributed by atoms with Crippen molar-refractivity contribution in [3.05, 3.63) is 47.8 Å². The quantitative estimate of drug-likeness (QED) is 0.851. The smallest absolute Gasteiger partial charge is 0.209 e. The second kappa shape index (κ2) is 7.09. The molecule has 1 aromatic heterocycles. The van der Waals surface area contributed by atoms with E-state index in [1.807, 2.05) is 6.07 Å².